The Hall–Kier alpha value is 0.178. The van der Waals surface area contributed by atoms with Crippen molar-refractivity contribution < 1.29 is 25.7 Å². The maximum atomic E-state index is 11.0. The van der Waals surface area contributed by atoms with Gasteiger partial charge in [0.15, 0.2) is 0 Å². The Morgan fingerprint density at radius 2 is 1.50 bits per heavy atom. The smallest absolute Gasteiger partial charge is 0.475 e. The van der Waals surface area contributed by atoms with Gasteiger partial charge >= 0.3 is 27.4 Å². The Morgan fingerprint density at radius 1 is 1.06 bits per heavy atom. The van der Waals surface area contributed by atoms with E-state index in [1.807, 2.05) is 19.6 Å². The highest BCUT2D eigenvalue weighted by atomic mass is 28.5. The number of hydrogen-bond acceptors (Lipinski definition) is 6. The zero-order valence-electron chi connectivity index (χ0n) is 10.2. The maximum absolute atomic E-state index is 11.0. The van der Waals surface area contributed by atoms with E-state index in [1.165, 1.54) is 6.92 Å². The third-order valence-electron chi connectivity index (χ3n) is 1.86. The summed E-state index contributed by atoms with van der Waals surface area (Å²) in [7, 11) is -8.15. The van der Waals surface area contributed by atoms with Crippen LogP contribution < -0.4 is 0 Å². The molecule has 0 aromatic carbocycles. The van der Waals surface area contributed by atoms with Gasteiger partial charge in [-0.15, -0.1) is 0 Å². The molecule has 0 spiro atoms. The van der Waals surface area contributed by atoms with E-state index in [-0.39, 0.29) is 5.97 Å². The summed E-state index contributed by atoms with van der Waals surface area (Å²) >= 11 is 0. The number of carbonyl (C=O) groups excluding carboxylic acids is 1. The molecule has 2 atom stereocenters. The molecule has 10 heteroatoms. The predicted octanol–water partition coefficient (Wildman–Crippen LogP) is -0.251. The van der Waals surface area contributed by atoms with Gasteiger partial charge in [0.2, 0.25) is 0 Å². The van der Waals surface area contributed by atoms with Crippen LogP contribution in [0.2, 0.25) is 26.2 Å². The van der Waals surface area contributed by atoms with Gasteiger partial charge in [0, 0.05) is 13.5 Å². The quantitative estimate of drug-likeness (QED) is 0.622. The molecule has 0 N–H and O–H groups in total. The first-order valence-corrected chi connectivity index (χ1v) is 13.7. The van der Waals surface area contributed by atoms with Crippen molar-refractivity contribution in [2.75, 3.05) is 0 Å². The Morgan fingerprint density at radius 3 is 1.88 bits per heavy atom. The summed E-state index contributed by atoms with van der Waals surface area (Å²) < 4.78 is 27.9. The summed E-state index contributed by atoms with van der Waals surface area (Å²) in [5.74, 6) is -0.387. The normalized spacial score (nSPS) is 40.9. The van der Waals surface area contributed by atoms with Gasteiger partial charge in [-0.2, -0.15) is 0 Å². The lowest BCUT2D eigenvalue weighted by atomic mass is 10.9. The van der Waals surface area contributed by atoms with Crippen molar-refractivity contribution in [3.8, 4) is 0 Å². The molecule has 1 saturated heterocycles. The maximum Gasteiger partial charge on any atom is 0.546 e. The molecule has 0 aromatic heterocycles. The SMILES string of the molecule is CC(=O)O[Si]1(C)O[SiH](C)O[SiH](C)O[SiH](C)O1. The van der Waals surface area contributed by atoms with Gasteiger partial charge < -0.3 is 20.9 Å². The number of hydrogen-bond donors (Lipinski definition) is 0. The molecular formula is C6H18O6Si4. The molecule has 1 fully saturated rings. The molecule has 0 saturated carbocycles. The van der Waals surface area contributed by atoms with Crippen molar-refractivity contribution in [2.45, 2.75) is 33.1 Å². The van der Waals surface area contributed by atoms with Crippen molar-refractivity contribution in [3.05, 3.63) is 0 Å². The van der Waals surface area contributed by atoms with Crippen LogP contribution in [0.4, 0.5) is 0 Å². The Kier molecular flexibility index (Phi) is 5.05. The third kappa shape index (κ3) is 4.58. The van der Waals surface area contributed by atoms with Crippen LogP contribution in [0, 0.1) is 0 Å². The van der Waals surface area contributed by atoms with Crippen LogP contribution in [0.1, 0.15) is 6.92 Å². The minimum Gasteiger partial charge on any atom is -0.475 e. The first-order valence-electron chi connectivity index (χ1n) is 5.17. The topological polar surface area (TPSA) is 63.2 Å². The average Bonchev–Trinajstić information content (AvgIpc) is 1.95. The molecule has 0 radical (unpaired) electrons. The van der Waals surface area contributed by atoms with Gasteiger partial charge in [-0.05, 0) is 19.6 Å². The lowest BCUT2D eigenvalue weighted by molar-refractivity contribution is -0.135. The molecule has 16 heavy (non-hydrogen) atoms. The molecule has 0 aromatic rings. The molecule has 94 valence electrons. The first-order chi connectivity index (χ1) is 7.31. The molecular weight excluding hydrogens is 280 g/mol. The van der Waals surface area contributed by atoms with E-state index in [2.05, 4.69) is 0 Å². The largest absolute Gasteiger partial charge is 0.546 e. The fourth-order valence-corrected chi connectivity index (χ4v) is 14.6. The molecule has 1 heterocycles. The van der Waals surface area contributed by atoms with Crippen LogP contribution >= 0.6 is 0 Å². The zero-order valence-corrected chi connectivity index (χ0v) is 14.6. The monoisotopic (exact) mass is 298 g/mol. The second-order valence-corrected chi connectivity index (χ2v) is 13.1. The van der Waals surface area contributed by atoms with E-state index < -0.39 is 36.7 Å². The Bertz CT molecular complexity index is 249. The van der Waals surface area contributed by atoms with Crippen LogP contribution in [0.25, 0.3) is 0 Å². The zero-order chi connectivity index (χ0) is 12.3. The lowest BCUT2D eigenvalue weighted by Gasteiger charge is -2.34. The van der Waals surface area contributed by atoms with Gasteiger partial charge in [-0.1, -0.05) is 0 Å². The fourth-order valence-electron chi connectivity index (χ4n) is 1.57. The van der Waals surface area contributed by atoms with Gasteiger partial charge in [-0.25, -0.2) is 0 Å². The highest BCUT2D eigenvalue weighted by molar-refractivity contribution is 6.78. The third-order valence-corrected chi connectivity index (χ3v) is 14.7. The molecule has 0 aliphatic carbocycles. The van der Waals surface area contributed by atoms with Crippen LogP contribution in [0.5, 0.6) is 0 Å². The molecule has 0 bridgehead atoms. The van der Waals surface area contributed by atoms with Gasteiger partial charge in [-0.3, -0.25) is 4.79 Å². The second-order valence-electron chi connectivity index (χ2n) is 3.67. The van der Waals surface area contributed by atoms with Gasteiger partial charge in [0.25, 0.3) is 15.3 Å². The van der Waals surface area contributed by atoms with Crippen molar-refractivity contribution in [1.29, 1.82) is 0 Å². The standard InChI is InChI=1S/C6H18O6Si4/c1-6(7)8-16(5)11-14(3)9-13(2)10-15(4)12-16/h13-15H,1-5H3. The molecule has 1 rings (SSSR count). The summed E-state index contributed by atoms with van der Waals surface area (Å²) in [6.45, 7) is 8.80. The van der Waals surface area contributed by atoms with E-state index in [4.69, 9.17) is 20.9 Å². The van der Waals surface area contributed by atoms with Crippen molar-refractivity contribution in [2.24, 2.45) is 0 Å². The highest BCUT2D eigenvalue weighted by Gasteiger charge is 2.44. The van der Waals surface area contributed by atoms with E-state index in [1.54, 1.807) is 6.55 Å². The minimum absolute atomic E-state index is 0.387. The Labute approximate surface area is 102 Å². The Balaban J connectivity index is 2.72. The first kappa shape index (κ1) is 14.2. The van der Waals surface area contributed by atoms with Crippen molar-refractivity contribution in [1.82, 2.24) is 0 Å². The van der Waals surface area contributed by atoms with Crippen LogP contribution in [0.15, 0.2) is 0 Å². The molecule has 1 aliphatic heterocycles. The number of rotatable bonds is 1. The van der Waals surface area contributed by atoms with E-state index in [9.17, 15) is 4.79 Å². The molecule has 2 unspecified atom stereocenters. The highest BCUT2D eigenvalue weighted by Crippen LogP contribution is 2.17. The fraction of sp³-hybridized carbons (Fsp3) is 0.833. The predicted molar refractivity (Wildman–Crippen MR) is 66.8 cm³/mol. The molecule has 6 nitrogen and oxygen atoms in total. The summed E-state index contributed by atoms with van der Waals surface area (Å²) in [4.78, 5) is 11.0. The van der Waals surface area contributed by atoms with E-state index in [0.717, 1.165) is 0 Å². The van der Waals surface area contributed by atoms with Crippen LogP contribution in [0.3, 0.4) is 0 Å². The number of carbonyl (C=O) groups is 1. The lowest BCUT2D eigenvalue weighted by Crippen LogP contribution is -2.55. The summed E-state index contributed by atoms with van der Waals surface area (Å²) in [5, 5.41) is 0. The van der Waals surface area contributed by atoms with Crippen molar-refractivity contribution >= 4 is 42.6 Å². The van der Waals surface area contributed by atoms with Gasteiger partial charge in [0.1, 0.15) is 0 Å². The van der Waals surface area contributed by atoms with Crippen LogP contribution in [-0.2, 0) is 25.7 Å². The second kappa shape index (κ2) is 5.68. The minimum atomic E-state index is -2.89. The van der Waals surface area contributed by atoms with E-state index in [0.29, 0.717) is 0 Å². The summed E-state index contributed by atoms with van der Waals surface area (Å²) in [5.41, 5.74) is 0. The van der Waals surface area contributed by atoms with E-state index >= 15 is 0 Å². The molecule has 0 amide bonds. The summed E-state index contributed by atoms with van der Waals surface area (Å²) in [6.07, 6.45) is 0. The summed E-state index contributed by atoms with van der Waals surface area (Å²) in [6, 6.07) is 0. The van der Waals surface area contributed by atoms with Gasteiger partial charge in [0.05, 0.1) is 0 Å². The average molecular weight is 299 g/mol. The van der Waals surface area contributed by atoms with Crippen LogP contribution in [-0.4, -0.2) is 42.6 Å². The van der Waals surface area contributed by atoms with Crippen molar-refractivity contribution in [3.63, 3.8) is 0 Å². The molecule has 1 aliphatic rings.